The van der Waals surface area contributed by atoms with Gasteiger partial charge in [0.05, 0.1) is 0 Å². The van der Waals surface area contributed by atoms with Crippen molar-refractivity contribution in [2.24, 2.45) is 10.1 Å². The molecule has 3 nitrogen and oxygen atoms in total. The highest BCUT2D eigenvalue weighted by atomic mass is 15.3. The summed E-state index contributed by atoms with van der Waals surface area (Å²) >= 11 is 0. The first kappa shape index (κ1) is 10.9. The molecule has 0 atom stereocenters. The van der Waals surface area contributed by atoms with Gasteiger partial charge in [-0.15, -0.1) is 0 Å². The lowest BCUT2D eigenvalue weighted by Gasteiger charge is -2.16. The van der Waals surface area contributed by atoms with Gasteiger partial charge in [-0.05, 0) is 38.8 Å². The van der Waals surface area contributed by atoms with Crippen LogP contribution >= 0.6 is 0 Å². The molecular formula is C13H17N3. The van der Waals surface area contributed by atoms with E-state index in [9.17, 15) is 0 Å². The zero-order valence-corrected chi connectivity index (χ0v) is 10.0. The van der Waals surface area contributed by atoms with Crippen LogP contribution in [0.4, 0.5) is 0 Å². The summed E-state index contributed by atoms with van der Waals surface area (Å²) in [5, 5.41) is 4.21. The number of hydrogen-bond acceptors (Lipinski definition) is 3. The van der Waals surface area contributed by atoms with Gasteiger partial charge < -0.3 is 0 Å². The quantitative estimate of drug-likeness (QED) is 0.566. The Kier molecular flexibility index (Phi) is 3.04. The fourth-order valence-electron chi connectivity index (χ4n) is 1.76. The minimum Gasteiger partial charge on any atom is -0.266 e. The van der Waals surface area contributed by atoms with E-state index in [1.54, 1.807) is 0 Å². The summed E-state index contributed by atoms with van der Waals surface area (Å²) in [5.74, 6) is 0.895. The average Bonchev–Trinajstić information content (AvgIpc) is 2.26. The molecule has 1 aliphatic rings. The minimum atomic E-state index is 0.844. The van der Waals surface area contributed by atoms with Crippen molar-refractivity contribution in [3.8, 4) is 0 Å². The summed E-state index contributed by atoms with van der Waals surface area (Å²) in [5.41, 5.74) is 7.85. The maximum atomic E-state index is 4.48. The first-order valence-electron chi connectivity index (χ1n) is 5.58. The molecule has 0 aromatic heterocycles. The van der Waals surface area contributed by atoms with Crippen LogP contribution in [-0.4, -0.2) is 18.1 Å². The first-order chi connectivity index (χ1) is 7.66. The number of hydrogen-bond donors (Lipinski definition) is 1. The second kappa shape index (κ2) is 4.47. The smallest absolute Gasteiger partial charge is 0.149 e. The highest BCUT2D eigenvalue weighted by molar-refractivity contribution is 6.01. The average molecular weight is 215 g/mol. The lowest BCUT2D eigenvalue weighted by atomic mass is 9.99. The van der Waals surface area contributed by atoms with Crippen molar-refractivity contribution in [2.45, 2.75) is 27.2 Å². The van der Waals surface area contributed by atoms with Crippen LogP contribution in [0.5, 0.6) is 0 Å². The van der Waals surface area contributed by atoms with Crippen molar-refractivity contribution < 1.29 is 0 Å². The Morgan fingerprint density at radius 2 is 2.19 bits per heavy atom. The van der Waals surface area contributed by atoms with Gasteiger partial charge in [0.2, 0.25) is 0 Å². The van der Waals surface area contributed by atoms with E-state index in [2.05, 4.69) is 40.6 Å². The van der Waals surface area contributed by atoms with Crippen LogP contribution in [0.2, 0.25) is 0 Å². The fourth-order valence-corrected chi connectivity index (χ4v) is 1.76. The molecule has 0 bridgehead atoms. The molecule has 0 fully saturated rings. The molecule has 0 unspecified atom stereocenters. The van der Waals surface area contributed by atoms with E-state index in [1.165, 1.54) is 16.7 Å². The van der Waals surface area contributed by atoms with E-state index in [0.717, 1.165) is 24.5 Å². The number of hydrazone groups is 1. The number of rotatable bonds is 1. The van der Waals surface area contributed by atoms with Crippen LogP contribution in [0, 0.1) is 6.92 Å². The van der Waals surface area contributed by atoms with Gasteiger partial charge in [-0.25, -0.2) is 0 Å². The number of nitrogens with one attached hydrogen (secondary N) is 1. The van der Waals surface area contributed by atoms with Crippen molar-refractivity contribution in [3.63, 3.8) is 0 Å². The van der Waals surface area contributed by atoms with Crippen LogP contribution in [-0.2, 0) is 6.42 Å². The van der Waals surface area contributed by atoms with Gasteiger partial charge in [-0.2, -0.15) is 5.10 Å². The van der Waals surface area contributed by atoms with Gasteiger partial charge in [-0.1, -0.05) is 17.7 Å². The van der Waals surface area contributed by atoms with E-state index < -0.39 is 0 Å². The molecule has 1 aromatic rings. The third-order valence-corrected chi connectivity index (χ3v) is 2.56. The number of benzene rings is 1. The van der Waals surface area contributed by atoms with Gasteiger partial charge >= 0.3 is 0 Å². The van der Waals surface area contributed by atoms with Crippen molar-refractivity contribution in [1.82, 2.24) is 5.43 Å². The zero-order valence-electron chi connectivity index (χ0n) is 10.0. The molecule has 0 saturated heterocycles. The van der Waals surface area contributed by atoms with E-state index in [0.29, 0.717) is 0 Å². The molecule has 1 heterocycles. The van der Waals surface area contributed by atoms with E-state index in [1.807, 2.05) is 13.8 Å². The molecule has 1 aromatic carbocycles. The van der Waals surface area contributed by atoms with Gasteiger partial charge in [0.15, 0.2) is 0 Å². The molecule has 0 radical (unpaired) electrons. The Bertz CT molecular complexity index is 454. The van der Waals surface area contributed by atoms with Crippen molar-refractivity contribution in [1.29, 1.82) is 0 Å². The summed E-state index contributed by atoms with van der Waals surface area (Å²) < 4.78 is 0. The Hall–Kier alpha value is -1.64. The minimum absolute atomic E-state index is 0.844. The molecule has 1 N–H and O–H groups in total. The Balaban J connectivity index is 2.32. The summed E-state index contributed by atoms with van der Waals surface area (Å²) in [7, 11) is 0. The number of amidine groups is 1. The van der Waals surface area contributed by atoms with Crippen LogP contribution in [0.1, 0.15) is 30.5 Å². The lowest BCUT2D eigenvalue weighted by Crippen LogP contribution is -2.25. The van der Waals surface area contributed by atoms with Crippen LogP contribution < -0.4 is 5.43 Å². The second-order valence-corrected chi connectivity index (χ2v) is 4.31. The summed E-state index contributed by atoms with van der Waals surface area (Å²) in [4.78, 5) is 4.48. The summed E-state index contributed by atoms with van der Waals surface area (Å²) in [6, 6.07) is 6.50. The topological polar surface area (TPSA) is 36.8 Å². The molecular weight excluding hydrogens is 198 g/mol. The molecule has 84 valence electrons. The normalized spacial score (nSPS) is 13.8. The third kappa shape index (κ3) is 2.30. The Morgan fingerprint density at radius 3 is 2.94 bits per heavy atom. The van der Waals surface area contributed by atoms with E-state index >= 15 is 0 Å². The van der Waals surface area contributed by atoms with Gasteiger partial charge in [0.25, 0.3) is 0 Å². The number of aliphatic imine (C=N–C) groups is 1. The van der Waals surface area contributed by atoms with Gasteiger partial charge in [0.1, 0.15) is 5.84 Å². The Labute approximate surface area is 96.3 Å². The third-order valence-electron chi connectivity index (χ3n) is 2.56. The molecule has 0 saturated carbocycles. The first-order valence-corrected chi connectivity index (χ1v) is 5.58. The van der Waals surface area contributed by atoms with Crippen molar-refractivity contribution in [3.05, 3.63) is 34.9 Å². The second-order valence-electron chi connectivity index (χ2n) is 4.31. The standard InChI is InChI=1S/C13H17N3/c1-9(2)15-16-13-12-8-10(3)4-5-11(12)6-7-14-13/h4-5,8H,6-7H2,1-3H3,(H,14,16). The Morgan fingerprint density at radius 1 is 1.38 bits per heavy atom. The summed E-state index contributed by atoms with van der Waals surface area (Å²) in [6.07, 6.45) is 1.02. The van der Waals surface area contributed by atoms with Crippen LogP contribution in [0.25, 0.3) is 0 Å². The fraction of sp³-hybridized carbons (Fsp3) is 0.385. The molecule has 16 heavy (non-hydrogen) atoms. The lowest BCUT2D eigenvalue weighted by molar-refractivity contribution is 0.898. The highest BCUT2D eigenvalue weighted by Crippen LogP contribution is 2.16. The predicted octanol–water partition coefficient (Wildman–Crippen LogP) is 2.28. The molecule has 1 aliphatic heterocycles. The largest absolute Gasteiger partial charge is 0.266 e. The van der Waals surface area contributed by atoms with Crippen LogP contribution in [0.15, 0.2) is 28.3 Å². The van der Waals surface area contributed by atoms with Crippen LogP contribution in [0.3, 0.4) is 0 Å². The highest BCUT2D eigenvalue weighted by Gasteiger charge is 2.13. The SMILES string of the molecule is CC(C)=NNC1=NCCc2ccc(C)cc21. The maximum absolute atomic E-state index is 4.48. The molecule has 2 rings (SSSR count). The van der Waals surface area contributed by atoms with E-state index in [4.69, 9.17) is 0 Å². The van der Waals surface area contributed by atoms with Gasteiger partial charge in [0, 0.05) is 17.8 Å². The van der Waals surface area contributed by atoms with E-state index in [-0.39, 0.29) is 0 Å². The molecule has 0 amide bonds. The van der Waals surface area contributed by atoms with Gasteiger partial charge in [-0.3, -0.25) is 10.4 Å². The molecule has 0 aliphatic carbocycles. The van der Waals surface area contributed by atoms with Crippen molar-refractivity contribution >= 4 is 11.5 Å². The maximum Gasteiger partial charge on any atom is 0.149 e. The monoisotopic (exact) mass is 215 g/mol. The molecule has 3 heteroatoms. The number of aryl methyl sites for hydroxylation is 1. The predicted molar refractivity (Wildman–Crippen MR) is 68.2 cm³/mol. The zero-order chi connectivity index (χ0) is 11.5. The molecule has 0 spiro atoms. The number of fused-ring (bicyclic) bond motifs is 1. The number of nitrogens with zero attached hydrogens (tertiary/aromatic N) is 2. The summed E-state index contributed by atoms with van der Waals surface area (Å²) in [6.45, 7) is 6.87. The van der Waals surface area contributed by atoms with Crippen molar-refractivity contribution in [2.75, 3.05) is 6.54 Å².